The molecule has 0 spiro atoms. The van der Waals surface area contributed by atoms with Crippen molar-refractivity contribution in [2.75, 3.05) is 11.1 Å². The van der Waals surface area contributed by atoms with Crippen molar-refractivity contribution < 1.29 is 4.79 Å². The Kier molecular flexibility index (Phi) is 3.08. The molecule has 19 heavy (non-hydrogen) atoms. The minimum Gasteiger partial charge on any atom is -0.382 e. The highest BCUT2D eigenvalue weighted by Gasteiger charge is 2.23. The van der Waals surface area contributed by atoms with E-state index in [4.69, 9.17) is 5.73 Å². The minimum atomic E-state index is -0.360. The first kappa shape index (κ1) is 12.0. The third kappa shape index (κ3) is 3.02. The molecular formula is C11H12N6OS. The van der Waals surface area contributed by atoms with Gasteiger partial charge in [-0.15, -0.1) is 0 Å². The van der Waals surface area contributed by atoms with E-state index >= 15 is 0 Å². The number of nitrogens with two attached hydrogens (primary N) is 1. The molecule has 1 amide bonds. The number of nitrogens with zero attached hydrogens (tertiary/aromatic N) is 4. The van der Waals surface area contributed by atoms with Gasteiger partial charge in [0, 0.05) is 18.0 Å². The summed E-state index contributed by atoms with van der Waals surface area (Å²) in [6, 6.07) is 0. The average Bonchev–Trinajstić information content (AvgIpc) is 3.10. The summed E-state index contributed by atoms with van der Waals surface area (Å²) in [7, 11) is 0. The zero-order valence-corrected chi connectivity index (χ0v) is 10.9. The summed E-state index contributed by atoms with van der Waals surface area (Å²) in [5.74, 6) is 1.44. The molecule has 1 aliphatic rings. The van der Waals surface area contributed by atoms with E-state index in [0.29, 0.717) is 5.13 Å². The number of nitrogens with one attached hydrogen (secondary N) is 1. The molecule has 0 bridgehead atoms. The second-order valence-electron chi connectivity index (χ2n) is 4.44. The van der Waals surface area contributed by atoms with Crippen LogP contribution in [0.25, 0.3) is 0 Å². The maximum Gasteiger partial charge on any atom is 0.277 e. The van der Waals surface area contributed by atoms with E-state index < -0.39 is 0 Å². The van der Waals surface area contributed by atoms with E-state index in [1.165, 1.54) is 36.8 Å². The normalized spacial score (nSPS) is 14.3. The molecule has 0 radical (unpaired) electrons. The quantitative estimate of drug-likeness (QED) is 0.866. The van der Waals surface area contributed by atoms with Crippen molar-refractivity contribution in [3.63, 3.8) is 0 Å². The molecule has 3 rings (SSSR count). The molecule has 0 atom stereocenters. The number of amides is 1. The number of hydrogen-bond donors (Lipinski definition) is 2. The van der Waals surface area contributed by atoms with Gasteiger partial charge in [0.1, 0.15) is 17.3 Å². The number of rotatable bonds is 4. The van der Waals surface area contributed by atoms with Gasteiger partial charge in [0.25, 0.3) is 5.91 Å². The van der Waals surface area contributed by atoms with E-state index in [9.17, 15) is 4.79 Å². The lowest BCUT2D eigenvalue weighted by Gasteiger charge is -1.99. The number of aromatic nitrogens is 4. The van der Waals surface area contributed by atoms with E-state index in [1.807, 2.05) is 0 Å². The highest BCUT2D eigenvalue weighted by molar-refractivity contribution is 7.09. The second kappa shape index (κ2) is 4.88. The van der Waals surface area contributed by atoms with Crippen molar-refractivity contribution in [1.29, 1.82) is 0 Å². The fraction of sp³-hybridized carbons (Fsp3) is 0.364. The fourth-order valence-electron chi connectivity index (χ4n) is 1.58. The molecule has 3 N–H and O–H groups in total. The summed E-state index contributed by atoms with van der Waals surface area (Å²) in [5, 5.41) is 3.14. The maximum atomic E-state index is 11.9. The van der Waals surface area contributed by atoms with E-state index in [0.717, 1.165) is 18.2 Å². The molecule has 1 saturated carbocycles. The van der Waals surface area contributed by atoms with Crippen LogP contribution in [0.15, 0.2) is 12.4 Å². The van der Waals surface area contributed by atoms with Crippen LogP contribution in [-0.2, 0) is 6.42 Å². The van der Waals surface area contributed by atoms with Gasteiger partial charge in [0.15, 0.2) is 0 Å². The molecule has 0 saturated heterocycles. The van der Waals surface area contributed by atoms with Gasteiger partial charge in [0.2, 0.25) is 5.13 Å². The molecule has 2 aromatic heterocycles. The number of carbonyl (C=O) groups excluding carboxylic acids is 1. The molecular weight excluding hydrogens is 264 g/mol. The summed E-state index contributed by atoms with van der Waals surface area (Å²) in [6.45, 7) is 0. The highest BCUT2D eigenvalue weighted by Crippen LogP contribution is 2.32. The van der Waals surface area contributed by atoms with Crippen molar-refractivity contribution >= 4 is 28.4 Å². The van der Waals surface area contributed by atoms with Crippen LogP contribution in [0.1, 0.15) is 29.2 Å². The second-order valence-corrected chi connectivity index (χ2v) is 5.20. The third-order valence-electron chi connectivity index (χ3n) is 2.76. The maximum absolute atomic E-state index is 11.9. The van der Waals surface area contributed by atoms with Gasteiger partial charge in [0.05, 0.1) is 12.4 Å². The molecule has 8 heteroatoms. The fourth-order valence-corrected chi connectivity index (χ4v) is 2.18. The van der Waals surface area contributed by atoms with Crippen LogP contribution in [0.3, 0.4) is 0 Å². The van der Waals surface area contributed by atoms with E-state index in [2.05, 4.69) is 24.6 Å². The van der Waals surface area contributed by atoms with Crippen LogP contribution in [0.5, 0.6) is 0 Å². The molecule has 0 unspecified atom stereocenters. The van der Waals surface area contributed by atoms with Crippen LogP contribution in [0.4, 0.5) is 10.9 Å². The van der Waals surface area contributed by atoms with E-state index in [-0.39, 0.29) is 17.4 Å². The summed E-state index contributed by atoms with van der Waals surface area (Å²) < 4.78 is 4.22. The van der Waals surface area contributed by atoms with Gasteiger partial charge in [-0.3, -0.25) is 10.1 Å². The van der Waals surface area contributed by atoms with Crippen molar-refractivity contribution in [2.24, 2.45) is 5.92 Å². The zero-order chi connectivity index (χ0) is 13.2. The van der Waals surface area contributed by atoms with Crippen molar-refractivity contribution in [2.45, 2.75) is 19.3 Å². The Bertz CT molecular complexity index is 591. The molecule has 1 fully saturated rings. The standard InChI is InChI=1S/C11H12N6OS/c12-8-5-13-7(4-14-8)10(18)16-11-15-9(17-19-11)3-6-1-2-6/h4-6H,1-3H2,(H2,12,14)(H,15,16,17,18). The van der Waals surface area contributed by atoms with Gasteiger partial charge in [-0.2, -0.15) is 4.37 Å². The van der Waals surface area contributed by atoms with Crippen LogP contribution >= 0.6 is 11.5 Å². The Hall–Kier alpha value is -2.09. The lowest BCUT2D eigenvalue weighted by atomic mass is 10.3. The SMILES string of the molecule is Nc1cnc(C(=O)Nc2nc(CC3CC3)ns2)cn1. The number of nitrogen functional groups attached to an aromatic ring is 1. The summed E-state index contributed by atoms with van der Waals surface area (Å²) in [6.07, 6.45) is 6.07. The highest BCUT2D eigenvalue weighted by atomic mass is 32.1. The van der Waals surface area contributed by atoms with Gasteiger partial charge in [-0.25, -0.2) is 15.0 Å². The first-order chi connectivity index (χ1) is 9.20. The predicted octanol–water partition coefficient (Wildman–Crippen LogP) is 1.12. The minimum absolute atomic E-state index is 0.202. The Morgan fingerprint density at radius 2 is 2.26 bits per heavy atom. The molecule has 1 aliphatic carbocycles. The lowest BCUT2D eigenvalue weighted by Crippen LogP contribution is -2.14. The number of anilines is 2. The van der Waals surface area contributed by atoms with Gasteiger partial charge < -0.3 is 5.73 Å². The van der Waals surface area contributed by atoms with E-state index in [1.54, 1.807) is 0 Å². The number of hydrogen-bond acceptors (Lipinski definition) is 7. The summed E-state index contributed by atoms with van der Waals surface area (Å²) in [5.41, 5.74) is 5.61. The predicted molar refractivity (Wildman–Crippen MR) is 70.7 cm³/mol. The Balaban J connectivity index is 1.64. The Morgan fingerprint density at radius 1 is 1.42 bits per heavy atom. The first-order valence-electron chi connectivity index (χ1n) is 5.92. The van der Waals surface area contributed by atoms with Crippen molar-refractivity contribution in [3.8, 4) is 0 Å². The van der Waals surface area contributed by atoms with Gasteiger partial charge in [-0.05, 0) is 18.8 Å². The van der Waals surface area contributed by atoms with Gasteiger partial charge >= 0.3 is 0 Å². The molecule has 0 aliphatic heterocycles. The monoisotopic (exact) mass is 276 g/mol. The smallest absolute Gasteiger partial charge is 0.277 e. The third-order valence-corrected chi connectivity index (χ3v) is 3.43. The van der Waals surface area contributed by atoms with Crippen LogP contribution in [0.2, 0.25) is 0 Å². The Morgan fingerprint density at radius 3 is 2.95 bits per heavy atom. The largest absolute Gasteiger partial charge is 0.382 e. The molecule has 98 valence electrons. The topological polar surface area (TPSA) is 107 Å². The zero-order valence-electron chi connectivity index (χ0n) is 10.0. The number of carbonyl (C=O) groups is 1. The molecule has 0 aromatic carbocycles. The lowest BCUT2D eigenvalue weighted by molar-refractivity contribution is 0.102. The van der Waals surface area contributed by atoms with Crippen LogP contribution < -0.4 is 11.1 Å². The summed E-state index contributed by atoms with van der Waals surface area (Å²) in [4.78, 5) is 23.8. The molecule has 2 aromatic rings. The Labute approximate surface area is 113 Å². The molecule has 7 nitrogen and oxygen atoms in total. The van der Waals surface area contributed by atoms with Crippen LogP contribution in [-0.4, -0.2) is 25.2 Å². The molecule has 2 heterocycles. The van der Waals surface area contributed by atoms with Gasteiger partial charge in [-0.1, -0.05) is 0 Å². The first-order valence-corrected chi connectivity index (χ1v) is 6.69. The van der Waals surface area contributed by atoms with Crippen molar-refractivity contribution in [1.82, 2.24) is 19.3 Å². The average molecular weight is 276 g/mol. The van der Waals surface area contributed by atoms with Crippen LogP contribution in [0, 0.1) is 5.92 Å². The van der Waals surface area contributed by atoms with Crippen molar-refractivity contribution in [3.05, 3.63) is 23.9 Å². The summed E-state index contributed by atoms with van der Waals surface area (Å²) >= 11 is 1.18.